The first-order valence-electron chi connectivity index (χ1n) is 8.52. The molecule has 3 aromatic rings. The zero-order chi connectivity index (χ0) is 18.8. The number of carbonyl (C=O) groups excluding carboxylic acids is 1. The third-order valence-corrected chi connectivity index (χ3v) is 4.26. The van der Waals surface area contributed by atoms with Gasteiger partial charge in [0.05, 0.1) is 16.9 Å². The molecule has 0 saturated heterocycles. The summed E-state index contributed by atoms with van der Waals surface area (Å²) in [6, 6.07) is 6.83. The van der Waals surface area contributed by atoms with Gasteiger partial charge in [0.25, 0.3) is 5.89 Å². The Kier molecular flexibility index (Phi) is 4.91. The van der Waals surface area contributed by atoms with E-state index in [1.165, 1.54) is 0 Å². The Morgan fingerprint density at radius 2 is 2.15 bits per heavy atom. The second kappa shape index (κ2) is 7.50. The molecule has 9 heteroatoms. The fourth-order valence-electron chi connectivity index (χ4n) is 2.57. The number of aromatic nitrogens is 3. The molecule has 1 aliphatic rings. The van der Waals surface area contributed by atoms with Crippen LogP contribution >= 0.6 is 11.6 Å². The molecule has 8 nitrogen and oxygen atoms in total. The molecular weight excluding hydrogens is 372 g/mol. The molecule has 1 N–H and O–H groups in total. The van der Waals surface area contributed by atoms with E-state index >= 15 is 0 Å². The first-order valence-corrected chi connectivity index (χ1v) is 8.89. The Bertz CT molecular complexity index is 964. The van der Waals surface area contributed by atoms with Gasteiger partial charge in [-0.2, -0.15) is 4.98 Å². The van der Waals surface area contributed by atoms with Gasteiger partial charge in [-0.1, -0.05) is 21.9 Å². The van der Waals surface area contributed by atoms with Crippen LogP contribution in [0.25, 0.3) is 11.5 Å². The highest BCUT2D eigenvalue weighted by atomic mass is 35.5. The fourth-order valence-corrected chi connectivity index (χ4v) is 2.75. The van der Waals surface area contributed by atoms with Gasteiger partial charge in [-0.25, -0.2) is 0 Å². The van der Waals surface area contributed by atoms with Crippen LogP contribution in [0.5, 0.6) is 0 Å². The smallest absolute Gasteiger partial charge is 0.260 e. The van der Waals surface area contributed by atoms with E-state index in [1.54, 1.807) is 24.3 Å². The molecule has 1 saturated carbocycles. The number of aryl methyl sites for hydroxylation is 1. The second-order valence-electron chi connectivity index (χ2n) is 6.40. The van der Waals surface area contributed by atoms with Crippen molar-refractivity contribution in [2.24, 2.45) is 0 Å². The third-order valence-electron chi connectivity index (χ3n) is 4.02. The number of ether oxygens (including phenoxy) is 1. The summed E-state index contributed by atoms with van der Waals surface area (Å²) in [6.07, 6.45) is 2.15. The Morgan fingerprint density at radius 3 is 2.89 bits per heavy atom. The van der Waals surface area contributed by atoms with E-state index in [0.29, 0.717) is 39.7 Å². The summed E-state index contributed by atoms with van der Waals surface area (Å²) in [6.45, 7) is 1.82. The lowest BCUT2D eigenvalue weighted by Crippen LogP contribution is -2.18. The van der Waals surface area contributed by atoms with E-state index < -0.39 is 0 Å². The van der Waals surface area contributed by atoms with Gasteiger partial charge < -0.3 is 19.1 Å². The van der Waals surface area contributed by atoms with Gasteiger partial charge in [0.15, 0.2) is 11.6 Å². The van der Waals surface area contributed by atoms with E-state index in [-0.39, 0.29) is 19.1 Å². The SMILES string of the molecule is Cc1cc(COCC(=O)Nc2cc(Cl)ccc2-c2nc(C3CC3)no2)on1. The third kappa shape index (κ3) is 4.35. The standard InChI is InChI=1S/C18H17ClN4O4/c1-10-6-13(26-22-10)8-25-9-16(24)20-15-7-12(19)4-5-14(15)18-21-17(23-27-18)11-2-3-11/h4-7,11H,2-3,8-9H2,1H3,(H,20,24). The van der Waals surface area contributed by atoms with Gasteiger partial charge in [-0.3, -0.25) is 4.79 Å². The van der Waals surface area contributed by atoms with Gasteiger partial charge in [0, 0.05) is 17.0 Å². The molecule has 0 radical (unpaired) electrons. The van der Waals surface area contributed by atoms with Crippen molar-refractivity contribution in [1.29, 1.82) is 0 Å². The Hall–Kier alpha value is -2.71. The lowest BCUT2D eigenvalue weighted by molar-refractivity contribution is -0.121. The maximum Gasteiger partial charge on any atom is 0.260 e. The minimum Gasteiger partial charge on any atom is -0.364 e. The van der Waals surface area contributed by atoms with Crippen LogP contribution in [-0.4, -0.2) is 27.8 Å². The molecule has 1 aliphatic carbocycles. The molecular formula is C18H17ClN4O4. The van der Waals surface area contributed by atoms with Crippen molar-refractivity contribution in [3.05, 3.63) is 46.6 Å². The van der Waals surface area contributed by atoms with E-state index in [2.05, 4.69) is 20.6 Å². The minimum absolute atomic E-state index is 0.150. The minimum atomic E-state index is -0.336. The molecule has 140 valence electrons. The number of hydrogen-bond acceptors (Lipinski definition) is 7. The van der Waals surface area contributed by atoms with Crippen LogP contribution in [0.15, 0.2) is 33.3 Å². The summed E-state index contributed by atoms with van der Waals surface area (Å²) in [7, 11) is 0. The molecule has 0 atom stereocenters. The molecule has 0 bridgehead atoms. The maximum atomic E-state index is 12.2. The molecule has 1 amide bonds. The number of carbonyl (C=O) groups is 1. The van der Waals surface area contributed by atoms with E-state index in [0.717, 1.165) is 18.5 Å². The normalized spacial score (nSPS) is 13.7. The van der Waals surface area contributed by atoms with Crippen LogP contribution in [-0.2, 0) is 16.1 Å². The van der Waals surface area contributed by atoms with Gasteiger partial charge in [-0.15, -0.1) is 0 Å². The monoisotopic (exact) mass is 388 g/mol. The number of nitrogens with zero attached hydrogens (tertiary/aromatic N) is 3. The fraction of sp³-hybridized carbons (Fsp3) is 0.333. The second-order valence-corrected chi connectivity index (χ2v) is 6.83. The topological polar surface area (TPSA) is 103 Å². The summed E-state index contributed by atoms with van der Waals surface area (Å²) < 4.78 is 15.7. The first-order chi connectivity index (χ1) is 13.1. The van der Waals surface area contributed by atoms with Crippen molar-refractivity contribution in [2.75, 3.05) is 11.9 Å². The molecule has 1 aromatic carbocycles. The van der Waals surface area contributed by atoms with Crippen molar-refractivity contribution in [2.45, 2.75) is 32.3 Å². The Labute approximate surface area is 159 Å². The maximum absolute atomic E-state index is 12.2. The molecule has 0 unspecified atom stereocenters. The van der Waals surface area contributed by atoms with Gasteiger partial charge in [0.2, 0.25) is 5.91 Å². The van der Waals surface area contributed by atoms with E-state index in [9.17, 15) is 4.79 Å². The summed E-state index contributed by atoms with van der Waals surface area (Å²) in [5.41, 5.74) is 1.85. The lowest BCUT2D eigenvalue weighted by Gasteiger charge is -2.09. The number of hydrogen-bond donors (Lipinski definition) is 1. The molecule has 27 heavy (non-hydrogen) atoms. The zero-order valence-electron chi connectivity index (χ0n) is 14.6. The summed E-state index contributed by atoms with van der Waals surface area (Å²) in [5.74, 6) is 1.64. The average Bonchev–Trinajstić information content (AvgIpc) is 3.22. The number of amides is 1. The molecule has 2 heterocycles. The first kappa shape index (κ1) is 17.7. The van der Waals surface area contributed by atoms with Crippen LogP contribution in [0.3, 0.4) is 0 Å². The van der Waals surface area contributed by atoms with Crippen LogP contribution in [0.2, 0.25) is 5.02 Å². The van der Waals surface area contributed by atoms with Gasteiger partial charge >= 0.3 is 0 Å². The van der Waals surface area contributed by atoms with E-state index in [4.69, 9.17) is 25.4 Å². The summed E-state index contributed by atoms with van der Waals surface area (Å²) in [4.78, 5) is 16.7. The molecule has 2 aromatic heterocycles. The quantitative estimate of drug-likeness (QED) is 0.657. The lowest BCUT2D eigenvalue weighted by atomic mass is 10.1. The van der Waals surface area contributed by atoms with Crippen molar-refractivity contribution in [1.82, 2.24) is 15.3 Å². The van der Waals surface area contributed by atoms with Gasteiger partial charge in [0.1, 0.15) is 13.2 Å². The molecule has 0 spiro atoms. The predicted octanol–water partition coefficient (Wildman–Crippen LogP) is 3.72. The van der Waals surface area contributed by atoms with E-state index in [1.807, 2.05) is 6.92 Å². The van der Waals surface area contributed by atoms with Crippen LogP contribution in [0, 0.1) is 6.92 Å². The zero-order valence-corrected chi connectivity index (χ0v) is 15.3. The van der Waals surface area contributed by atoms with Crippen molar-refractivity contribution < 1.29 is 18.6 Å². The van der Waals surface area contributed by atoms with Crippen LogP contribution in [0.4, 0.5) is 5.69 Å². The van der Waals surface area contributed by atoms with Crippen LogP contribution in [0.1, 0.15) is 36.0 Å². The Balaban J connectivity index is 1.42. The predicted molar refractivity (Wildman–Crippen MR) is 96.2 cm³/mol. The summed E-state index contributed by atoms with van der Waals surface area (Å²) in [5, 5.41) is 11.0. The highest BCUT2D eigenvalue weighted by Crippen LogP contribution is 2.39. The Morgan fingerprint density at radius 1 is 1.30 bits per heavy atom. The molecule has 4 rings (SSSR count). The van der Waals surface area contributed by atoms with Crippen molar-refractivity contribution in [3.8, 4) is 11.5 Å². The van der Waals surface area contributed by atoms with Crippen molar-refractivity contribution >= 4 is 23.2 Å². The van der Waals surface area contributed by atoms with Crippen molar-refractivity contribution in [3.63, 3.8) is 0 Å². The number of halogens is 1. The van der Waals surface area contributed by atoms with Crippen LogP contribution < -0.4 is 5.32 Å². The largest absolute Gasteiger partial charge is 0.364 e. The molecule has 0 aliphatic heterocycles. The number of benzene rings is 1. The molecule has 1 fully saturated rings. The number of rotatable bonds is 7. The number of nitrogens with one attached hydrogen (secondary N) is 1. The average molecular weight is 389 g/mol. The summed E-state index contributed by atoms with van der Waals surface area (Å²) >= 11 is 6.07. The highest BCUT2D eigenvalue weighted by Gasteiger charge is 2.29. The highest BCUT2D eigenvalue weighted by molar-refractivity contribution is 6.31. The number of anilines is 1. The van der Waals surface area contributed by atoms with Gasteiger partial charge in [-0.05, 0) is 38.0 Å².